The zero-order valence-corrected chi connectivity index (χ0v) is 15.7. The Balaban J connectivity index is 1.80. The molecule has 10 heteroatoms. The number of rotatable bonds is 7. The summed E-state index contributed by atoms with van der Waals surface area (Å²) in [5, 5.41) is 4.24. The molecule has 25 heavy (non-hydrogen) atoms. The van der Waals surface area contributed by atoms with Crippen LogP contribution in [0.3, 0.4) is 0 Å². The van der Waals surface area contributed by atoms with Crippen LogP contribution < -0.4 is 10.0 Å². The number of piperidine rings is 1. The van der Waals surface area contributed by atoms with Gasteiger partial charge in [0.25, 0.3) is 0 Å². The topological polar surface area (TPSA) is 105 Å². The number of thiophene rings is 1. The second-order valence-electron chi connectivity index (χ2n) is 5.70. The van der Waals surface area contributed by atoms with Crippen molar-refractivity contribution in [1.82, 2.24) is 14.9 Å². The average Bonchev–Trinajstić information content (AvgIpc) is 3.14. The molecule has 0 radical (unpaired) electrons. The maximum Gasteiger partial charge on any atom is 0.325 e. The van der Waals surface area contributed by atoms with Crippen molar-refractivity contribution in [3.63, 3.8) is 0 Å². The highest BCUT2D eigenvalue weighted by Crippen LogP contribution is 2.19. The van der Waals surface area contributed by atoms with Crippen LogP contribution in [0.1, 0.15) is 19.8 Å². The molecule has 8 nitrogen and oxygen atoms in total. The first-order valence-corrected chi connectivity index (χ1v) is 10.5. The van der Waals surface area contributed by atoms with Gasteiger partial charge in [-0.1, -0.05) is 6.07 Å². The Morgan fingerprint density at radius 1 is 1.44 bits per heavy atom. The Hall–Kier alpha value is -1.65. The van der Waals surface area contributed by atoms with Crippen LogP contribution in [0.15, 0.2) is 21.7 Å². The summed E-state index contributed by atoms with van der Waals surface area (Å²) in [6.07, 6.45) is 1.63. The van der Waals surface area contributed by atoms with E-state index < -0.39 is 16.0 Å². The van der Waals surface area contributed by atoms with Gasteiger partial charge in [0.2, 0.25) is 10.0 Å². The molecule has 1 aliphatic rings. The quantitative estimate of drug-likeness (QED) is 0.677. The molecular formula is C15H23N3O5S2. The number of carbonyl (C=O) groups excluding carboxylic acids is 2. The second-order valence-corrected chi connectivity index (χ2v) is 8.64. The van der Waals surface area contributed by atoms with Crippen LogP contribution in [0.4, 0.5) is 4.79 Å². The molecule has 0 bridgehead atoms. The van der Waals surface area contributed by atoms with E-state index in [2.05, 4.69) is 10.0 Å². The zero-order chi connectivity index (χ0) is 18.3. The van der Waals surface area contributed by atoms with Crippen LogP contribution in [0, 0.1) is 5.92 Å². The average molecular weight is 389 g/mol. The molecule has 2 rings (SSSR count). The fourth-order valence-electron chi connectivity index (χ4n) is 2.60. The maximum absolute atomic E-state index is 12.1. The summed E-state index contributed by atoms with van der Waals surface area (Å²) in [5.74, 6) is -0.440. The number of hydrogen-bond donors (Lipinski definition) is 2. The number of likely N-dealkylation sites (tertiary alicyclic amines) is 1. The summed E-state index contributed by atoms with van der Waals surface area (Å²) in [7, 11) is -3.49. The van der Waals surface area contributed by atoms with Crippen molar-refractivity contribution >= 4 is 33.4 Å². The minimum atomic E-state index is -3.49. The van der Waals surface area contributed by atoms with Crippen molar-refractivity contribution < 1.29 is 22.7 Å². The minimum Gasteiger partial charge on any atom is -0.465 e. The smallest absolute Gasteiger partial charge is 0.325 e. The van der Waals surface area contributed by atoms with Crippen LogP contribution in [0.2, 0.25) is 0 Å². The fraction of sp³-hybridized carbons (Fsp3) is 0.600. The Bertz CT molecular complexity index is 675. The molecule has 2 N–H and O–H groups in total. The molecule has 0 saturated carbocycles. The molecule has 2 amide bonds. The first-order valence-electron chi connectivity index (χ1n) is 8.14. The van der Waals surface area contributed by atoms with E-state index in [0.717, 1.165) is 12.8 Å². The van der Waals surface area contributed by atoms with Crippen molar-refractivity contribution in [3.8, 4) is 0 Å². The molecule has 1 aromatic heterocycles. The zero-order valence-electron chi connectivity index (χ0n) is 14.1. The number of esters is 1. The largest absolute Gasteiger partial charge is 0.465 e. The monoisotopic (exact) mass is 389 g/mol. The van der Waals surface area contributed by atoms with E-state index in [4.69, 9.17) is 4.74 Å². The van der Waals surface area contributed by atoms with Gasteiger partial charge >= 0.3 is 12.0 Å². The highest BCUT2D eigenvalue weighted by molar-refractivity contribution is 7.91. The van der Waals surface area contributed by atoms with Gasteiger partial charge in [-0.2, -0.15) is 0 Å². The summed E-state index contributed by atoms with van der Waals surface area (Å²) in [6.45, 7) is 3.11. The van der Waals surface area contributed by atoms with Gasteiger partial charge in [-0.15, -0.1) is 11.3 Å². The third kappa shape index (κ3) is 5.98. The van der Waals surface area contributed by atoms with Crippen LogP contribution in [-0.2, 0) is 19.6 Å². The van der Waals surface area contributed by atoms with Crippen LogP contribution in [0.25, 0.3) is 0 Å². The molecule has 0 spiro atoms. The van der Waals surface area contributed by atoms with Gasteiger partial charge in [-0.25, -0.2) is 17.9 Å². The molecule has 1 aliphatic heterocycles. The van der Waals surface area contributed by atoms with Gasteiger partial charge in [0, 0.05) is 19.6 Å². The SMILES string of the molecule is CCOC(=O)CNC(=O)N1CCC[C@H](CNS(=O)(=O)c2cccs2)C1. The lowest BCUT2D eigenvalue weighted by atomic mass is 9.99. The van der Waals surface area contributed by atoms with E-state index in [1.807, 2.05) is 0 Å². The molecular weight excluding hydrogens is 366 g/mol. The number of amides is 2. The Kier molecular flexibility index (Phi) is 7.21. The van der Waals surface area contributed by atoms with Crippen LogP contribution in [-0.4, -0.2) is 58.1 Å². The molecule has 0 aromatic carbocycles. The second kappa shape index (κ2) is 9.16. The predicted octanol–water partition coefficient (Wildman–Crippen LogP) is 1.01. The van der Waals surface area contributed by atoms with Crippen LogP contribution >= 0.6 is 11.3 Å². The first-order chi connectivity index (χ1) is 11.9. The molecule has 1 saturated heterocycles. The van der Waals surface area contributed by atoms with Crippen molar-refractivity contribution in [2.24, 2.45) is 5.92 Å². The molecule has 140 valence electrons. The summed E-state index contributed by atoms with van der Waals surface area (Å²) in [6, 6.07) is 2.91. The standard InChI is InChI=1S/C15H23N3O5S2/c1-2-23-13(19)10-16-15(20)18-7-3-5-12(11-18)9-17-25(21,22)14-6-4-8-24-14/h4,6,8,12,17H,2-3,5,7,9-11H2,1H3,(H,16,20)/t12-/m1/s1. The predicted molar refractivity (Wildman–Crippen MR) is 93.8 cm³/mol. The number of hydrogen-bond acceptors (Lipinski definition) is 6. The van der Waals surface area contributed by atoms with Crippen molar-refractivity contribution in [2.75, 3.05) is 32.8 Å². The lowest BCUT2D eigenvalue weighted by molar-refractivity contribution is -0.141. The van der Waals surface area contributed by atoms with E-state index >= 15 is 0 Å². The molecule has 0 unspecified atom stereocenters. The van der Waals surface area contributed by atoms with Gasteiger partial charge in [-0.05, 0) is 37.1 Å². The van der Waals surface area contributed by atoms with Crippen LogP contribution in [0.5, 0.6) is 0 Å². The molecule has 1 atom stereocenters. The third-order valence-corrected chi connectivity index (χ3v) is 6.64. The van der Waals surface area contributed by atoms with Gasteiger partial charge < -0.3 is 15.0 Å². The van der Waals surface area contributed by atoms with Crippen molar-refractivity contribution in [1.29, 1.82) is 0 Å². The highest BCUT2D eigenvalue weighted by atomic mass is 32.2. The van der Waals surface area contributed by atoms with E-state index in [1.165, 1.54) is 11.3 Å². The number of carbonyl (C=O) groups is 2. The highest BCUT2D eigenvalue weighted by Gasteiger charge is 2.25. The normalized spacial score (nSPS) is 18.0. The number of urea groups is 1. The lowest BCUT2D eigenvalue weighted by Crippen LogP contribution is -2.48. The number of sulfonamides is 1. The fourth-order valence-corrected chi connectivity index (χ4v) is 4.76. The number of nitrogens with zero attached hydrogens (tertiary/aromatic N) is 1. The maximum atomic E-state index is 12.1. The Labute approximate surface area is 151 Å². The van der Waals surface area contributed by atoms with Gasteiger partial charge in [-0.3, -0.25) is 4.79 Å². The summed E-state index contributed by atoms with van der Waals surface area (Å²) in [5.41, 5.74) is 0. The molecule has 2 heterocycles. The lowest BCUT2D eigenvalue weighted by Gasteiger charge is -2.32. The molecule has 1 aromatic rings. The van der Waals surface area contributed by atoms with E-state index in [-0.39, 0.29) is 35.9 Å². The molecule has 0 aliphatic carbocycles. The van der Waals surface area contributed by atoms with Gasteiger partial charge in [0.05, 0.1) is 6.61 Å². The first kappa shape index (κ1) is 19.7. The Morgan fingerprint density at radius 3 is 2.92 bits per heavy atom. The van der Waals surface area contributed by atoms with Crippen molar-refractivity contribution in [3.05, 3.63) is 17.5 Å². The van der Waals surface area contributed by atoms with Gasteiger partial charge in [0.1, 0.15) is 10.8 Å². The summed E-state index contributed by atoms with van der Waals surface area (Å²) in [4.78, 5) is 25.0. The number of ether oxygens (including phenoxy) is 1. The van der Waals surface area contributed by atoms with E-state index in [1.54, 1.807) is 29.3 Å². The Morgan fingerprint density at radius 2 is 2.24 bits per heavy atom. The van der Waals surface area contributed by atoms with E-state index in [9.17, 15) is 18.0 Å². The van der Waals surface area contributed by atoms with Gasteiger partial charge in [0.15, 0.2) is 0 Å². The third-order valence-electron chi connectivity index (χ3n) is 3.82. The molecule has 1 fully saturated rings. The summed E-state index contributed by atoms with van der Waals surface area (Å²) >= 11 is 1.17. The van der Waals surface area contributed by atoms with E-state index in [0.29, 0.717) is 13.1 Å². The minimum absolute atomic E-state index is 0.0387. The van der Waals surface area contributed by atoms with Crippen molar-refractivity contribution in [2.45, 2.75) is 24.0 Å². The summed E-state index contributed by atoms with van der Waals surface area (Å²) < 4.78 is 31.9. The number of nitrogens with one attached hydrogen (secondary N) is 2.